The standard InChI is InChI=1S/C12H15ClN4OS/c1-2-3-5-17(7-9(14)18)10-8-4-6-19-11(8)16-12(13)15-10/h4,6H,2-3,5,7H2,1H3,(H2,14,18). The van der Waals surface area contributed by atoms with Crippen molar-refractivity contribution in [2.75, 3.05) is 18.0 Å². The second kappa shape index (κ2) is 6.16. The third-order valence-electron chi connectivity index (χ3n) is 2.71. The van der Waals surface area contributed by atoms with Crippen LogP contribution in [0.4, 0.5) is 5.82 Å². The highest BCUT2D eigenvalue weighted by atomic mass is 35.5. The summed E-state index contributed by atoms with van der Waals surface area (Å²) in [6.07, 6.45) is 1.99. The van der Waals surface area contributed by atoms with E-state index in [-0.39, 0.29) is 17.7 Å². The molecule has 102 valence electrons. The predicted octanol–water partition coefficient (Wildman–Crippen LogP) is 2.44. The zero-order valence-corrected chi connectivity index (χ0v) is 12.2. The van der Waals surface area contributed by atoms with Gasteiger partial charge in [-0.15, -0.1) is 11.3 Å². The van der Waals surface area contributed by atoms with E-state index in [9.17, 15) is 4.79 Å². The van der Waals surface area contributed by atoms with Crippen LogP contribution in [0.15, 0.2) is 11.4 Å². The highest BCUT2D eigenvalue weighted by Crippen LogP contribution is 2.29. The van der Waals surface area contributed by atoms with Gasteiger partial charge in [0.15, 0.2) is 0 Å². The Morgan fingerprint density at radius 1 is 1.53 bits per heavy atom. The lowest BCUT2D eigenvalue weighted by Gasteiger charge is -2.22. The molecule has 2 N–H and O–H groups in total. The van der Waals surface area contributed by atoms with Gasteiger partial charge in [-0.25, -0.2) is 4.98 Å². The molecule has 0 aliphatic carbocycles. The maximum Gasteiger partial charge on any atom is 0.236 e. The molecule has 2 rings (SSSR count). The average Bonchev–Trinajstić information content (AvgIpc) is 2.80. The number of aromatic nitrogens is 2. The number of amides is 1. The van der Waals surface area contributed by atoms with E-state index in [1.165, 1.54) is 11.3 Å². The molecule has 0 bridgehead atoms. The number of fused-ring (bicyclic) bond motifs is 1. The van der Waals surface area contributed by atoms with E-state index in [0.717, 1.165) is 29.6 Å². The second-order valence-corrected chi connectivity index (χ2v) is 5.43. The van der Waals surface area contributed by atoms with Gasteiger partial charge >= 0.3 is 0 Å². The van der Waals surface area contributed by atoms with Gasteiger partial charge in [-0.2, -0.15) is 4.98 Å². The molecule has 7 heteroatoms. The zero-order chi connectivity index (χ0) is 13.8. The molecular weight excluding hydrogens is 284 g/mol. The SMILES string of the molecule is CCCCN(CC(N)=O)c1nc(Cl)nc2sccc12. The Balaban J connectivity index is 2.41. The minimum absolute atomic E-state index is 0.137. The van der Waals surface area contributed by atoms with Crippen molar-refractivity contribution in [1.29, 1.82) is 0 Å². The molecule has 0 unspecified atom stereocenters. The summed E-state index contributed by atoms with van der Waals surface area (Å²) in [7, 11) is 0. The maximum atomic E-state index is 11.2. The maximum absolute atomic E-state index is 11.2. The van der Waals surface area contributed by atoms with E-state index in [0.29, 0.717) is 5.82 Å². The average molecular weight is 299 g/mol. The van der Waals surface area contributed by atoms with Crippen LogP contribution in [-0.2, 0) is 4.79 Å². The smallest absolute Gasteiger partial charge is 0.236 e. The molecule has 0 saturated heterocycles. The fraction of sp³-hybridized carbons (Fsp3) is 0.417. The quantitative estimate of drug-likeness (QED) is 0.831. The Morgan fingerprint density at radius 2 is 2.32 bits per heavy atom. The van der Waals surface area contributed by atoms with Crippen LogP contribution in [0.5, 0.6) is 0 Å². The van der Waals surface area contributed by atoms with Crippen molar-refractivity contribution in [2.45, 2.75) is 19.8 Å². The van der Waals surface area contributed by atoms with Crippen LogP contribution in [0.3, 0.4) is 0 Å². The summed E-state index contributed by atoms with van der Waals surface area (Å²) < 4.78 is 0. The summed E-state index contributed by atoms with van der Waals surface area (Å²) in [4.78, 5) is 22.3. The first kappa shape index (κ1) is 14.0. The Kier molecular flexibility index (Phi) is 4.55. The number of nitrogens with two attached hydrogens (primary N) is 1. The van der Waals surface area contributed by atoms with E-state index in [1.54, 1.807) is 0 Å². The van der Waals surface area contributed by atoms with Gasteiger partial charge in [-0.05, 0) is 29.5 Å². The molecule has 5 nitrogen and oxygen atoms in total. The fourth-order valence-electron chi connectivity index (χ4n) is 1.85. The van der Waals surface area contributed by atoms with Gasteiger partial charge in [0.25, 0.3) is 0 Å². The largest absolute Gasteiger partial charge is 0.368 e. The molecule has 19 heavy (non-hydrogen) atoms. The van der Waals surface area contributed by atoms with E-state index in [4.69, 9.17) is 17.3 Å². The molecule has 0 spiro atoms. The molecule has 0 aliphatic rings. The van der Waals surface area contributed by atoms with Crippen LogP contribution in [0, 0.1) is 0 Å². The van der Waals surface area contributed by atoms with Gasteiger partial charge in [0.05, 0.1) is 11.9 Å². The summed E-state index contributed by atoms with van der Waals surface area (Å²) in [6, 6.07) is 1.94. The van der Waals surface area contributed by atoms with Gasteiger partial charge in [-0.1, -0.05) is 13.3 Å². The van der Waals surface area contributed by atoms with E-state index in [2.05, 4.69) is 16.9 Å². The monoisotopic (exact) mass is 298 g/mol. The van der Waals surface area contributed by atoms with Gasteiger partial charge in [0.1, 0.15) is 10.6 Å². The third kappa shape index (κ3) is 3.33. The molecule has 2 aromatic heterocycles. The summed E-state index contributed by atoms with van der Waals surface area (Å²) in [5.41, 5.74) is 5.31. The van der Waals surface area contributed by atoms with Crippen LogP contribution in [0.2, 0.25) is 5.28 Å². The van der Waals surface area contributed by atoms with Crippen molar-refractivity contribution >= 4 is 44.9 Å². The number of carbonyl (C=O) groups is 1. The molecule has 0 saturated carbocycles. The topological polar surface area (TPSA) is 72.1 Å². The zero-order valence-electron chi connectivity index (χ0n) is 10.6. The molecule has 0 atom stereocenters. The Labute approximate surface area is 120 Å². The third-order valence-corrected chi connectivity index (χ3v) is 3.68. The van der Waals surface area contributed by atoms with Crippen molar-refractivity contribution in [3.63, 3.8) is 0 Å². The van der Waals surface area contributed by atoms with Gasteiger partial charge in [0, 0.05) is 6.54 Å². The number of halogens is 1. The van der Waals surface area contributed by atoms with Crippen LogP contribution in [-0.4, -0.2) is 29.0 Å². The van der Waals surface area contributed by atoms with Crippen molar-refractivity contribution in [2.24, 2.45) is 5.73 Å². The molecule has 0 fully saturated rings. The normalized spacial score (nSPS) is 10.8. The number of primary amides is 1. The number of anilines is 1. The molecule has 2 aromatic rings. The molecule has 0 radical (unpaired) electrons. The Hall–Kier alpha value is -1.40. The van der Waals surface area contributed by atoms with Gasteiger partial charge in [0.2, 0.25) is 11.2 Å². The Bertz CT molecular complexity index is 586. The molecular formula is C12H15ClN4OS. The lowest BCUT2D eigenvalue weighted by molar-refractivity contribution is -0.116. The number of unbranched alkanes of at least 4 members (excludes halogenated alkanes) is 1. The highest BCUT2D eigenvalue weighted by molar-refractivity contribution is 7.16. The van der Waals surface area contributed by atoms with E-state index in [1.807, 2.05) is 16.3 Å². The summed E-state index contributed by atoms with van der Waals surface area (Å²) >= 11 is 7.43. The van der Waals surface area contributed by atoms with Crippen molar-refractivity contribution in [3.8, 4) is 0 Å². The van der Waals surface area contributed by atoms with Gasteiger partial charge < -0.3 is 10.6 Å². The summed E-state index contributed by atoms with van der Waals surface area (Å²) in [6.45, 7) is 2.95. The first-order chi connectivity index (χ1) is 9.11. The predicted molar refractivity (Wildman–Crippen MR) is 78.7 cm³/mol. The number of hydrogen-bond acceptors (Lipinski definition) is 5. The first-order valence-corrected chi connectivity index (χ1v) is 7.31. The number of carbonyl (C=O) groups excluding carboxylic acids is 1. The minimum atomic E-state index is -0.380. The van der Waals surface area contributed by atoms with Crippen LogP contribution in [0.25, 0.3) is 10.2 Å². The molecule has 0 aromatic carbocycles. The number of thiophene rings is 1. The highest BCUT2D eigenvalue weighted by Gasteiger charge is 2.16. The summed E-state index contributed by atoms with van der Waals surface area (Å²) in [5, 5.41) is 3.03. The molecule has 1 amide bonds. The fourth-order valence-corrected chi connectivity index (χ4v) is 2.83. The number of nitrogens with zero attached hydrogens (tertiary/aromatic N) is 3. The van der Waals surface area contributed by atoms with Crippen LogP contribution >= 0.6 is 22.9 Å². The lowest BCUT2D eigenvalue weighted by atomic mass is 10.3. The lowest BCUT2D eigenvalue weighted by Crippen LogP contribution is -2.35. The van der Waals surface area contributed by atoms with Crippen LogP contribution < -0.4 is 10.6 Å². The first-order valence-electron chi connectivity index (χ1n) is 6.05. The molecule has 0 aliphatic heterocycles. The second-order valence-electron chi connectivity index (χ2n) is 4.20. The van der Waals surface area contributed by atoms with Crippen LogP contribution in [0.1, 0.15) is 19.8 Å². The Morgan fingerprint density at radius 3 is 3.00 bits per heavy atom. The van der Waals surface area contributed by atoms with Crippen molar-refractivity contribution < 1.29 is 4.79 Å². The van der Waals surface area contributed by atoms with Crippen molar-refractivity contribution in [1.82, 2.24) is 9.97 Å². The minimum Gasteiger partial charge on any atom is -0.368 e. The number of hydrogen-bond donors (Lipinski definition) is 1. The summed E-state index contributed by atoms with van der Waals surface area (Å²) in [5.74, 6) is 0.303. The molecule has 2 heterocycles. The number of rotatable bonds is 6. The van der Waals surface area contributed by atoms with E-state index >= 15 is 0 Å². The van der Waals surface area contributed by atoms with E-state index < -0.39 is 0 Å². The van der Waals surface area contributed by atoms with Crippen molar-refractivity contribution in [3.05, 3.63) is 16.7 Å². The van der Waals surface area contributed by atoms with Gasteiger partial charge in [-0.3, -0.25) is 4.79 Å².